The molecule has 2 rings (SSSR count). The highest BCUT2D eigenvalue weighted by Gasteiger charge is 2.05. The van der Waals surface area contributed by atoms with Gasteiger partial charge in [0.15, 0.2) is 0 Å². The predicted octanol–water partition coefficient (Wildman–Crippen LogP) is 1.40. The molecule has 0 N–H and O–H groups in total. The first-order valence-electron chi connectivity index (χ1n) is 5.76. The van der Waals surface area contributed by atoms with Crippen LogP contribution in [0.1, 0.15) is 6.42 Å². The zero-order valence-electron chi connectivity index (χ0n) is 10.4. The number of aryl methyl sites for hydroxylation is 1. The first-order chi connectivity index (χ1) is 8.58. The van der Waals surface area contributed by atoms with Crippen LogP contribution in [0, 0.1) is 0 Å². The largest absolute Gasteiger partial charge is 0.309 e. The van der Waals surface area contributed by atoms with Gasteiger partial charge in [0, 0.05) is 11.6 Å². The van der Waals surface area contributed by atoms with Gasteiger partial charge >= 0.3 is 0 Å². The molecule has 0 atom stereocenters. The Kier molecular flexibility index (Phi) is 3.93. The van der Waals surface area contributed by atoms with Crippen molar-refractivity contribution >= 4 is 22.5 Å². The van der Waals surface area contributed by atoms with Crippen molar-refractivity contribution in [1.82, 2.24) is 19.9 Å². The van der Waals surface area contributed by atoms with E-state index in [0.717, 1.165) is 13.0 Å². The fourth-order valence-electron chi connectivity index (χ4n) is 1.73. The van der Waals surface area contributed by atoms with Gasteiger partial charge in [-0.2, -0.15) is 0 Å². The quantitative estimate of drug-likeness (QED) is 0.839. The Bertz CT molecular complexity index is 609. The number of aromatic nitrogens is 3. The van der Waals surface area contributed by atoms with Crippen molar-refractivity contribution in [2.24, 2.45) is 0 Å². The van der Waals surface area contributed by atoms with Gasteiger partial charge in [0.1, 0.15) is 5.52 Å². The molecule has 0 aliphatic rings. The molecule has 0 saturated heterocycles. The van der Waals surface area contributed by atoms with Crippen LogP contribution in [0.2, 0.25) is 5.02 Å². The minimum atomic E-state index is -0.115. The highest BCUT2D eigenvalue weighted by atomic mass is 35.5. The molecule has 0 fully saturated rings. The van der Waals surface area contributed by atoms with Gasteiger partial charge in [-0.1, -0.05) is 16.8 Å². The fraction of sp³-hybridized carbons (Fsp3) is 0.417. The summed E-state index contributed by atoms with van der Waals surface area (Å²) >= 11 is 5.85. The van der Waals surface area contributed by atoms with Gasteiger partial charge in [-0.3, -0.25) is 4.79 Å². The Hall–Kier alpha value is -1.46. The SMILES string of the molecule is CN(C)CCCn1nnc2cc(Cl)ccc2c1=O. The van der Waals surface area contributed by atoms with Crippen molar-refractivity contribution < 1.29 is 0 Å². The van der Waals surface area contributed by atoms with Gasteiger partial charge in [-0.05, 0) is 45.3 Å². The van der Waals surface area contributed by atoms with E-state index in [9.17, 15) is 4.79 Å². The molecule has 0 amide bonds. The molecular weight excluding hydrogens is 252 g/mol. The Morgan fingerprint density at radius 3 is 2.89 bits per heavy atom. The lowest BCUT2D eigenvalue weighted by Crippen LogP contribution is -2.26. The zero-order valence-corrected chi connectivity index (χ0v) is 11.2. The van der Waals surface area contributed by atoms with Gasteiger partial charge in [-0.15, -0.1) is 5.10 Å². The molecule has 1 aromatic heterocycles. The minimum Gasteiger partial charge on any atom is -0.309 e. The van der Waals surface area contributed by atoms with E-state index >= 15 is 0 Å². The summed E-state index contributed by atoms with van der Waals surface area (Å²) < 4.78 is 1.40. The van der Waals surface area contributed by atoms with Crippen LogP contribution in [0.25, 0.3) is 10.9 Å². The van der Waals surface area contributed by atoms with Gasteiger partial charge in [0.25, 0.3) is 5.56 Å². The molecule has 1 heterocycles. The summed E-state index contributed by atoms with van der Waals surface area (Å²) in [6.07, 6.45) is 0.862. The zero-order chi connectivity index (χ0) is 13.1. The lowest BCUT2D eigenvalue weighted by atomic mass is 10.2. The minimum absolute atomic E-state index is 0.115. The maximum Gasteiger partial charge on any atom is 0.277 e. The van der Waals surface area contributed by atoms with Crippen molar-refractivity contribution in [1.29, 1.82) is 0 Å². The van der Waals surface area contributed by atoms with Crippen LogP contribution in [0.15, 0.2) is 23.0 Å². The van der Waals surface area contributed by atoms with Gasteiger partial charge in [-0.25, -0.2) is 4.68 Å². The lowest BCUT2D eigenvalue weighted by Gasteiger charge is -2.09. The van der Waals surface area contributed by atoms with Gasteiger partial charge in [0.05, 0.1) is 5.39 Å². The predicted molar refractivity (Wildman–Crippen MR) is 72.0 cm³/mol. The second-order valence-corrected chi connectivity index (χ2v) is 4.87. The Morgan fingerprint density at radius 1 is 1.39 bits per heavy atom. The topological polar surface area (TPSA) is 51.0 Å². The molecular formula is C12H15ClN4O. The average molecular weight is 267 g/mol. The molecule has 96 valence electrons. The van der Waals surface area contributed by atoms with Crippen LogP contribution >= 0.6 is 11.6 Å². The molecule has 0 spiro atoms. The maximum absolute atomic E-state index is 12.1. The van der Waals surface area contributed by atoms with Gasteiger partial charge in [0.2, 0.25) is 0 Å². The molecule has 0 aliphatic heterocycles. The van der Waals surface area contributed by atoms with E-state index in [4.69, 9.17) is 11.6 Å². The first kappa shape index (κ1) is 13.0. The molecule has 18 heavy (non-hydrogen) atoms. The molecule has 0 unspecified atom stereocenters. The van der Waals surface area contributed by atoms with Crippen LogP contribution in [-0.4, -0.2) is 40.5 Å². The molecule has 5 nitrogen and oxygen atoms in total. The molecule has 6 heteroatoms. The number of hydrogen-bond acceptors (Lipinski definition) is 4. The van der Waals surface area contributed by atoms with E-state index in [1.165, 1.54) is 4.68 Å². The van der Waals surface area contributed by atoms with E-state index in [1.807, 2.05) is 14.1 Å². The van der Waals surface area contributed by atoms with Gasteiger partial charge < -0.3 is 4.90 Å². The van der Waals surface area contributed by atoms with Crippen LogP contribution < -0.4 is 5.56 Å². The smallest absolute Gasteiger partial charge is 0.277 e. The molecule has 0 radical (unpaired) electrons. The normalized spacial score (nSPS) is 11.3. The molecule has 0 bridgehead atoms. The van der Waals surface area contributed by atoms with Crippen molar-refractivity contribution in [3.05, 3.63) is 33.6 Å². The number of fused-ring (bicyclic) bond motifs is 1. The number of halogens is 1. The van der Waals surface area contributed by atoms with E-state index in [0.29, 0.717) is 22.5 Å². The van der Waals surface area contributed by atoms with Crippen LogP contribution in [0.5, 0.6) is 0 Å². The summed E-state index contributed by atoms with van der Waals surface area (Å²) in [6, 6.07) is 5.03. The third-order valence-electron chi connectivity index (χ3n) is 2.66. The third kappa shape index (κ3) is 2.86. The Morgan fingerprint density at radius 2 is 2.17 bits per heavy atom. The van der Waals surface area contributed by atoms with Crippen molar-refractivity contribution in [3.8, 4) is 0 Å². The summed E-state index contributed by atoms with van der Waals surface area (Å²) in [4.78, 5) is 14.2. The van der Waals surface area contributed by atoms with E-state index in [2.05, 4.69) is 15.2 Å². The second-order valence-electron chi connectivity index (χ2n) is 4.44. The second kappa shape index (κ2) is 5.46. The summed E-state index contributed by atoms with van der Waals surface area (Å²) in [5, 5.41) is 9.05. The number of rotatable bonds is 4. The lowest BCUT2D eigenvalue weighted by molar-refractivity contribution is 0.375. The molecule has 0 saturated carbocycles. The van der Waals surface area contributed by atoms with E-state index < -0.39 is 0 Å². The Balaban J connectivity index is 2.28. The molecule has 0 aliphatic carbocycles. The van der Waals surface area contributed by atoms with Crippen molar-refractivity contribution in [2.75, 3.05) is 20.6 Å². The molecule has 2 aromatic rings. The monoisotopic (exact) mass is 266 g/mol. The van der Waals surface area contributed by atoms with Crippen LogP contribution in [-0.2, 0) is 6.54 Å². The number of nitrogens with zero attached hydrogens (tertiary/aromatic N) is 4. The summed E-state index contributed by atoms with van der Waals surface area (Å²) in [5.41, 5.74) is 0.423. The Labute approximate surface area is 110 Å². The number of benzene rings is 1. The first-order valence-corrected chi connectivity index (χ1v) is 6.13. The van der Waals surface area contributed by atoms with E-state index in [-0.39, 0.29) is 5.56 Å². The maximum atomic E-state index is 12.1. The highest BCUT2D eigenvalue weighted by molar-refractivity contribution is 6.31. The summed E-state index contributed by atoms with van der Waals surface area (Å²) in [6.45, 7) is 1.48. The summed E-state index contributed by atoms with van der Waals surface area (Å²) in [5.74, 6) is 0. The third-order valence-corrected chi connectivity index (χ3v) is 2.90. The average Bonchev–Trinajstić information content (AvgIpc) is 2.31. The van der Waals surface area contributed by atoms with Crippen LogP contribution in [0.3, 0.4) is 0 Å². The highest BCUT2D eigenvalue weighted by Crippen LogP contribution is 2.13. The van der Waals surface area contributed by atoms with E-state index in [1.54, 1.807) is 18.2 Å². The van der Waals surface area contributed by atoms with Crippen LogP contribution in [0.4, 0.5) is 0 Å². The molecule has 1 aromatic carbocycles. The summed E-state index contributed by atoms with van der Waals surface area (Å²) in [7, 11) is 3.99. The standard InChI is InChI=1S/C12H15ClN4O/c1-16(2)6-3-7-17-12(18)10-5-4-9(13)8-11(10)14-15-17/h4-5,8H,3,6-7H2,1-2H3. The van der Waals surface area contributed by atoms with Crippen molar-refractivity contribution in [2.45, 2.75) is 13.0 Å². The van der Waals surface area contributed by atoms with Crippen molar-refractivity contribution in [3.63, 3.8) is 0 Å². The fourth-order valence-corrected chi connectivity index (χ4v) is 1.90. The number of hydrogen-bond donors (Lipinski definition) is 0.